The number of esters is 2. The van der Waals surface area contributed by atoms with Crippen molar-refractivity contribution in [2.24, 2.45) is 0 Å². The van der Waals surface area contributed by atoms with E-state index in [1.54, 1.807) is 24.3 Å². The molecule has 0 bridgehead atoms. The Kier molecular flexibility index (Phi) is 7.24. The molecule has 2 aromatic rings. The molecule has 1 aliphatic rings. The number of methoxy groups -OCH3 is 2. The Hall–Kier alpha value is -2.98. The van der Waals surface area contributed by atoms with Crippen LogP contribution in [0.3, 0.4) is 0 Å². The highest BCUT2D eigenvalue weighted by atomic mass is 16.5. The van der Waals surface area contributed by atoms with E-state index < -0.39 is 36.4 Å². The van der Waals surface area contributed by atoms with Gasteiger partial charge < -0.3 is 34.3 Å². The monoisotopic (exact) mass is 432 g/mol. The summed E-state index contributed by atoms with van der Waals surface area (Å²) in [5.41, 5.74) is 0.743. The van der Waals surface area contributed by atoms with Crippen molar-refractivity contribution < 1.29 is 43.9 Å². The van der Waals surface area contributed by atoms with E-state index in [9.17, 15) is 24.9 Å². The molecule has 0 spiro atoms. The van der Waals surface area contributed by atoms with Crippen molar-refractivity contribution in [2.45, 2.75) is 30.8 Å². The lowest BCUT2D eigenvalue weighted by atomic mass is 9.93. The van der Waals surface area contributed by atoms with Crippen LogP contribution in [0.5, 0.6) is 11.5 Å². The van der Waals surface area contributed by atoms with Crippen LogP contribution >= 0.6 is 0 Å². The number of aliphatic hydroxyl groups is 3. The fourth-order valence-corrected chi connectivity index (χ4v) is 3.37. The van der Waals surface area contributed by atoms with Gasteiger partial charge in [-0.15, -0.1) is 0 Å². The summed E-state index contributed by atoms with van der Waals surface area (Å²) < 4.78 is 21.0. The summed E-state index contributed by atoms with van der Waals surface area (Å²) in [7, 11) is 2.45. The number of benzene rings is 2. The van der Waals surface area contributed by atoms with E-state index in [1.807, 2.05) is 0 Å². The van der Waals surface area contributed by atoms with Gasteiger partial charge in [-0.3, -0.25) is 0 Å². The molecule has 0 aliphatic carbocycles. The minimum absolute atomic E-state index is 0.108. The zero-order valence-corrected chi connectivity index (χ0v) is 17.1. The zero-order chi connectivity index (χ0) is 22.5. The van der Waals surface area contributed by atoms with Gasteiger partial charge in [0, 0.05) is 6.42 Å². The van der Waals surface area contributed by atoms with E-state index in [4.69, 9.17) is 18.9 Å². The molecule has 0 saturated carbocycles. The van der Waals surface area contributed by atoms with Gasteiger partial charge in [0.05, 0.1) is 44.2 Å². The van der Waals surface area contributed by atoms with Gasteiger partial charge in [0.15, 0.2) is 0 Å². The first kappa shape index (κ1) is 22.7. The molecule has 9 heteroatoms. The Balaban J connectivity index is 1.90. The molecule has 0 aromatic heterocycles. The first-order chi connectivity index (χ1) is 14.9. The first-order valence-electron chi connectivity index (χ1n) is 9.58. The molecule has 1 heterocycles. The Labute approximate surface area is 178 Å². The lowest BCUT2D eigenvalue weighted by Crippen LogP contribution is -2.44. The predicted molar refractivity (Wildman–Crippen MR) is 107 cm³/mol. The molecule has 3 N–H and O–H groups in total. The molecular weight excluding hydrogens is 408 g/mol. The summed E-state index contributed by atoms with van der Waals surface area (Å²) in [5, 5.41) is 29.8. The summed E-state index contributed by atoms with van der Waals surface area (Å²) in [6.45, 7) is -0.285. The van der Waals surface area contributed by atoms with E-state index in [2.05, 4.69) is 0 Å². The Morgan fingerprint density at radius 1 is 1.00 bits per heavy atom. The molecule has 9 nitrogen and oxygen atoms in total. The van der Waals surface area contributed by atoms with Crippen LogP contribution in [-0.4, -0.2) is 66.4 Å². The number of rotatable bonds is 6. The van der Waals surface area contributed by atoms with E-state index in [0.29, 0.717) is 11.3 Å². The van der Waals surface area contributed by atoms with E-state index >= 15 is 0 Å². The van der Waals surface area contributed by atoms with Crippen LogP contribution < -0.4 is 4.74 Å². The lowest BCUT2D eigenvalue weighted by molar-refractivity contribution is -0.179. The van der Waals surface area contributed by atoms with Gasteiger partial charge in [-0.1, -0.05) is 12.1 Å². The van der Waals surface area contributed by atoms with Crippen molar-refractivity contribution >= 4 is 11.9 Å². The van der Waals surface area contributed by atoms with Gasteiger partial charge in [-0.25, -0.2) is 9.59 Å². The van der Waals surface area contributed by atoms with E-state index in [-0.39, 0.29) is 29.9 Å². The van der Waals surface area contributed by atoms with Crippen LogP contribution in [0, 0.1) is 0 Å². The maximum atomic E-state index is 11.9. The number of aliphatic hydroxyl groups excluding tert-OH is 3. The smallest absolute Gasteiger partial charge is 0.338 e. The second kappa shape index (κ2) is 9.88. The number of ether oxygens (including phenoxy) is 4. The second-order valence-corrected chi connectivity index (χ2v) is 7.06. The average molecular weight is 432 g/mol. The zero-order valence-electron chi connectivity index (χ0n) is 17.1. The van der Waals surface area contributed by atoms with Gasteiger partial charge in [-0.2, -0.15) is 0 Å². The van der Waals surface area contributed by atoms with Gasteiger partial charge in [0.25, 0.3) is 0 Å². The fourth-order valence-electron chi connectivity index (χ4n) is 3.37. The van der Waals surface area contributed by atoms with Crippen molar-refractivity contribution in [3.8, 4) is 11.5 Å². The largest absolute Gasteiger partial charge is 0.465 e. The highest BCUT2D eigenvalue weighted by Crippen LogP contribution is 2.34. The van der Waals surface area contributed by atoms with E-state index in [1.165, 1.54) is 32.4 Å². The number of carbonyl (C=O) groups excluding carboxylic acids is 2. The van der Waals surface area contributed by atoms with Crippen LogP contribution in [0.4, 0.5) is 0 Å². The SMILES string of the molecule is COC(=O)c1cc(Oc2cccc(C3OC(CO)CC(O)C3O)c2)cc(C(=O)OC)c1. The van der Waals surface area contributed by atoms with Crippen molar-refractivity contribution in [1.82, 2.24) is 0 Å². The van der Waals surface area contributed by atoms with Gasteiger partial charge >= 0.3 is 11.9 Å². The molecule has 4 unspecified atom stereocenters. The molecule has 0 radical (unpaired) electrons. The average Bonchev–Trinajstić information content (AvgIpc) is 2.79. The minimum Gasteiger partial charge on any atom is -0.465 e. The highest BCUT2D eigenvalue weighted by molar-refractivity contribution is 5.96. The van der Waals surface area contributed by atoms with Gasteiger partial charge in [0.2, 0.25) is 0 Å². The minimum atomic E-state index is -1.17. The Bertz CT molecular complexity index is 908. The molecule has 166 valence electrons. The van der Waals surface area contributed by atoms with E-state index in [0.717, 1.165) is 0 Å². The van der Waals surface area contributed by atoms with Gasteiger partial charge in [0.1, 0.15) is 23.7 Å². The summed E-state index contributed by atoms with van der Waals surface area (Å²) in [5.74, 6) is -0.759. The molecule has 4 atom stereocenters. The summed E-state index contributed by atoms with van der Waals surface area (Å²) >= 11 is 0. The molecule has 31 heavy (non-hydrogen) atoms. The molecule has 1 fully saturated rings. The molecule has 1 saturated heterocycles. The lowest BCUT2D eigenvalue weighted by Gasteiger charge is -2.36. The van der Waals surface area contributed by atoms with Crippen LogP contribution in [0.15, 0.2) is 42.5 Å². The van der Waals surface area contributed by atoms with Gasteiger partial charge in [-0.05, 0) is 35.9 Å². The Morgan fingerprint density at radius 3 is 2.23 bits per heavy atom. The first-order valence-corrected chi connectivity index (χ1v) is 9.58. The van der Waals surface area contributed by atoms with Crippen LogP contribution in [0.2, 0.25) is 0 Å². The standard InChI is InChI=1S/C22H24O9/c1-28-21(26)13-6-14(22(27)29-2)9-16(8-13)30-15-5-3-4-12(7-15)20-19(25)18(24)10-17(11-23)31-20/h3-9,17-20,23-25H,10-11H2,1-2H3. The van der Waals surface area contributed by atoms with Crippen molar-refractivity contribution in [2.75, 3.05) is 20.8 Å². The summed E-state index contributed by atoms with van der Waals surface area (Å²) in [6.07, 6.45) is -3.56. The third-order valence-corrected chi connectivity index (χ3v) is 4.92. The molecule has 0 amide bonds. The fraction of sp³-hybridized carbons (Fsp3) is 0.364. The number of hydrogen-bond donors (Lipinski definition) is 3. The van der Waals surface area contributed by atoms with Crippen LogP contribution in [-0.2, 0) is 14.2 Å². The molecular formula is C22H24O9. The van der Waals surface area contributed by atoms with Crippen LogP contribution in [0.1, 0.15) is 38.8 Å². The van der Waals surface area contributed by atoms with Crippen LogP contribution in [0.25, 0.3) is 0 Å². The predicted octanol–water partition coefficient (Wildman–Crippen LogP) is 1.60. The van der Waals surface area contributed by atoms with Crippen molar-refractivity contribution in [1.29, 1.82) is 0 Å². The normalized spacial score (nSPS) is 23.1. The maximum Gasteiger partial charge on any atom is 0.338 e. The maximum absolute atomic E-state index is 11.9. The molecule has 1 aliphatic heterocycles. The summed E-state index contributed by atoms with van der Waals surface area (Å²) in [6, 6.07) is 10.8. The van der Waals surface area contributed by atoms with Crippen molar-refractivity contribution in [3.63, 3.8) is 0 Å². The Morgan fingerprint density at radius 2 is 1.65 bits per heavy atom. The number of hydrogen-bond acceptors (Lipinski definition) is 9. The third-order valence-electron chi connectivity index (χ3n) is 4.92. The third kappa shape index (κ3) is 5.20. The number of carbonyl (C=O) groups is 2. The van der Waals surface area contributed by atoms with Crippen molar-refractivity contribution in [3.05, 3.63) is 59.2 Å². The molecule has 2 aromatic carbocycles. The summed E-state index contributed by atoms with van der Waals surface area (Å²) in [4.78, 5) is 23.9. The molecule has 3 rings (SSSR count). The quantitative estimate of drug-likeness (QED) is 0.582. The topological polar surface area (TPSA) is 132 Å². The highest BCUT2D eigenvalue weighted by Gasteiger charge is 2.37. The second-order valence-electron chi connectivity index (χ2n) is 7.06.